The minimum Gasteiger partial charge on any atom is -0.456 e. The van der Waals surface area contributed by atoms with Gasteiger partial charge in [-0.25, -0.2) is 14.2 Å². The molecule has 1 atom stereocenters. The van der Waals surface area contributed by atoms with Gasteiger partial charge in [0.15, 0.2) is 11.5 Å². The van der Waals surface area contributed by atoms with Gasteiger partial charge in [-0.05, 0) is 55.0 Å². The molecule has 0 spiro atoms. The number of aliphatic imine (C=N–C) groups is 1. The predicted molar refractivity (Wildman–Crippen MR) is 146 cm³/mol. The minimum absolute atomic E-state index is 0.0408. The summed E-state index contributed by atoms with van der Waals surface area (Å²) in [7, 11) is 0. The number of anilines is 2. The first-order valence-electron chi connectivity index (χ1n) is 12.3. The molecule has 8 nitrogen and oxygen atoms in total. The van der Waals surface area contributed by atoms with Crippen molar-refractivity contribution in [3.05, 3.63) is 119 Å². The zero-order valence-corrected chi connectivity index (χ0v) is 21.3. The number of para-hydroxylation sites is 1. The monoisotopic (exact) mass is 524 g/mol. The van der Waals surface area contributed by atoms with Crippen LogP contribution in [0.3, 0.4) is 0 Å². The highest BCUT2D eigenvalue weighted by Gasteiger charge is 2.34. The van der Waals surface area contributed by atoms with E-state index in [1.54, 1.807) is 66.7 Å². The quantitative estimate of drug-likeness (QED) is 0.327. The zero-order valence-electron chi connectivity index (χ0n) is 21.3. The predicted octanol–water partition coefficient (Wildman–Crippen LogP) is 5.46. The molecule has 1 aliphatic rings. The van der Waals surface area contributed by atoms with E-state index in [0.717, 1.165) is 5.56 Å². The number of nitrogens with zero attached hydrogens (tertiary/aromatic N) is 2. The lowest BCUT2D eigenvalue weighted by Gasteiger charge is -2.24. The van der Waals surface area contributed by atoms with Crippen molar-refractivity contribution in [2.24, 2.45) is 4.99 Å². The number of amides is 3. The number of aryl methyl sites for hydroxylation is 1. The molecule has 0 bridgehead atoms. The molecular weight excluding hydrogens is 499 g/mol. The highest BCUT2D eigenvalue weighted by molar-refractivity contribution is 6.20. The number of ketones is 1. The maximum atomic E-state index is 15.0. The standard InChI is InChI=1S/C30H25FN4O4/c1-18-8-7-9-20(16-18)32-30(38)34-28-29(37)35(17-21-14-15-26(39-21)19(2)36)25-13-6-4-11-23(25)27(33-28)22-10-3-5-12-24(22)31/h3-16,28H,17H2,1-2H3,(H2,32,34,38)/t28-/m0/s1. The molecule has 2 N–H and O–H groups in total. The van der Waals surface area contributed by atoms with Crippen molar-refractivity contribution in [3.8, 4) is 0 Å². The highest BCUT2D eigenvalue weighted by atomic mass is 19.1. The number of carbonyl (C=O) groups is 3. The van der Waals surface area contributed by atoms with Crippen LogP contribution in [0.4, 0.5) is 20.6 Å². The Morgan fingerprint density at radius 3 is 2.44 bits per heavy atom. The van der Waals surface area contributed by atoms with Crippen LogP contribution in [0.25, 0.3) is 0 Å². The fraction of sp³-hybridized carbons (Fsp3) is 0.133. The van der Waals surface area contributed by atoms with E-state index >= 15 is 4.39 Å². The average Bonchev–Trinajstić information content (AvgIpc) is 3.35. The van der Waals surface area contributed by atoms with Gasteiger partial charge in [0.2, 0.25) is 6.17 Å². The molecule has 0 aliphatic carbocycles. The van der Waals surface area contributed by atoms with Gasteiger partial charge in [0, 0.05) is 23.7 Å². The molecule has 3 amide bonds. The molecule has 1 aromatic heterocycles. The summed E-state index contributed by atoms with van der Waals surface area (Å²) >= 11 is 0. The first kappa shape index (κ1) is 25.6. The number of furan rings is 1. The van der Waals surface area contributed by atoms with Crippen LogP contribution in [0.1, 0.15) is 39.9 Å². The van der Waals surface area contributed by atoms with Gasteiger partial charge in [0.1, 0.15) is 11.6 Å². The Hall–Kier alpha value is -5.05. The van der Waals surface area contributed by atoms with E-state index in [-0.39, 0.29) is 29.4 Å². The van der Waals surface area contributed by atoms with Gasteiger partial charge in [-0.15, -0.1) is 0 Å². The van der Waals surface area contributed by atoms with E-state index < -0.39 is 23.9 Å². The highest BCUT2D eigenvalue weighted by Crippen LogP contribution is 2.30. The molecule has 9 heteroatoms. The summed E-state index contributed by atoms with van der Waals surface area (Å²) in [5.41, 5.74) is 2.83. The van der Waals surface area contributed by atoms with Crippen LogP contribution in [0.15, 0.2) is 94.3 Å². The molecule has 4 aromatic rings. The Kier molecular flexibility index (Phi) is 7.05. The third-order valence-electron chi connectivity index (χ3n) is 6.20. The van der Waals surface area contributed by atoms with E-state index in [1.165, 1.54) is 24.0 Å². The van der Waals surface area contributed by atoms with E-state index in [2.05, 4.69) is 15.6 Å². The largest absolute Gasteiger partial charge is 0.456 e. The van der Waals surface area contributed by atoms with E-state index in [1.807, 2.05) is 13.0 Å². The van der Waals surface area contributed by atoms with Crippen LogP contribution >= 0.6 is 0 Å². The molecule has 0 unspecified atom stereocenters. The molecule has 3 aromatic carbocycles. The van der Waals surface area contributed by atoms with Crippen molar-refractivity contribution in [1.29, 1.82) is 0 Å². The summed E-state index contributed by atoms with van der Waals surface area (Å²) in [5, 5.41) is 5.35. The first-order valence-corrected chi connectivity index (χ1v) is 12.3. The smallest absolute Gasteiger partial charge is 0.321 e. The van der Waals surface area contributed by atoms with Crippen molar-refractivity contribution in [2.45, 2.75) is 26.6 Å². The SMILES string of the molecule is CC(=O)c1ccc(CN2C(=O)[C@H](NC(=O)Nc3cccc(C)c3)N=C(c3ccccc3F)c3ccccc32)o1. The third-order valence-corrected chi connectivity index (χ3v) is 6.20. The fourth-order valence-electron chi connectivity index (χ4n) is 4.38. The van der Waals surface area contributed by atoms with Crippen LogP contribution in [-0.2, 0) is 11.3 Å². The summed E-state index contributed by atoms with van der Waals surface area (Å²) in [6, 6.07) is 22.8. The van der Waals surface area contributed by atoms with Crippen molar-refractivity contribution in [1.82, 2.24) is 5.32 Å². The zero-order chi connectivity index (χ0) is 27.5. The minimum atomic E-state index is -1.39. The van der Waals surface area contributed by atoms with E-state index in [9.17, 15) is 14.4 Å². The lowest BCUT2D eigenvalue weighted by molar-refractivity contribution is -0.120. The van der Waals surface area contributed by atoms with Crippen molar-refractivity contribution < 1.29 is 23.2 Å². The Balaban J connectivity index is 1.57. The van der Waals surface area contributed by atoms with Crippen molar-refractivity contribution in [3.63, 3.8) is 0 Å². The topological polar surface area (TPSA) is 104 Å². The fourth-order valence-corrected chi connectivity index (χ4v) is 4.38. The maximum Gasteiger partial charge on any atom is 0.321 e. The Morgan fingerprint density at radius 1 is 0.974 bits per heavy atom. The summed E-state index contributed by atoms with van der Waals surface area (Å²) in [6.07, 6.45) is -1.39. The van der Waals surface area contributed by atoms with Gasteiger partial charge >= 0.3 is 6.03 Å². The van der Waals surface area contributed by atoms with Gasteiger partial charge < -0.3 is 20.0 Å². The van der Waals surface area contributed by atoms with Crippen LogP contribution < -0.4 is 15.5 Å². The van der Waals surface area contributed by atoms with Gasteiger partial charge in [0.05, 0.1) is 17.9 Å². The number of fused-ring (bicyclic) bond motifs is 1. The van der Waals surface area contributed by atoms with Crippen LogP contribution in [0.2, 0.25) is 0 Å². The summed E-state index contributed by atoms with van der Waals surface area (Å²) in [4.78, 5) is 44.7. The van der Waals surface area contributed by atoms with Crippen LogP contribution in [0, 0.1) is 12.7 Å². The van der Waals surface area contributed by atoms with E-state index in [0.29, 0.717) is 22.7 Å². The molecule has 196 valence electrons. The summed E-state index contributed by atoms with van der Waals surface area (Å²) in [6.45, 7) is 3.24. The molecule has 2 heterocycles. The normalized spacial score (nSPS) is 14.7. The number of nitrogens with one attached hydrogen (secondary N) is 2. The molecule has 0 fully saturated rings. The number of urea groups is 1. The van der Waals surface area contributed by atoms with Gasteiger partial charge in [-0.1, -0.05) is 42.5 Å². The second kappa shape index (κ2) is 10.7. The van der Waals surface area contributed by atoms with E-state index in [4.69, 9.17) is 4.42 Å². The van der Waals surface area contributed by atoms with Crippen molar-refractivity contribution >= 4 is 34.8 Å². The molecule has 1 aliphatic heterocycles. The second-order valence-corrected chi connectivity index (χ2v) is 9.09. The number of halogens is 1. The van der Waals surface area contributed by atoms with Gasteiger partial charge in [0.25, 0.3) is 5.91 Å². The van der Waals surface area contributed by atoms with Crippen LogP contribution in [0.5, 0.6) is 0 Å². The molecule has 0 saturated carbocycles. The number of benzodiazepines with no additional fused rings is 1. The van der Waals surface area contributed by atoms with Crippen LogP contribution in [-0.4, -0.2) is 29.6 Å². The summed E-state index contributed by atoms with van der Waals surface area (Å²) < 4.78 is 20.7. The Labute approximate surface area is 224 Å². The Bertz CT molecular complexity index is 1610. The molecule has 0 radical (unpaired) electrons. The lowest BCUT2D eigenvalue weighted by Crippen LogP contribution is -2.48. The average molecular weight is 525 g/mol. The maximum absolute atomic E-state index is 15.0. The number of Topliss-reactive ketones (excluding diaryl/α,β-unsaturated/α-hetero) is 1. The number of rotatable bonds is 6. The molecule has 39 heavy (non-hydrogen) atoms. The third kappa shape index (κ3) is 5.47. The number of carbonyl (C=O) groups excluding carboxylic acids is 3. The second-order valence-electron chi connectivity index (χ2n) is 9.09. The summed E-state index contributed by atoms with van der Waals surface area (Å²) in [5.74, 6) is -0.806. The van der Waals surface area contributed by atoms with Gasteiger partial charge in [-0.2, -0.15) is 0 Å². The lowest BCUT2D eigenvalue weighted by atomic mass is 9.99. The molecular formula is C30H25FN4O4. The molecule has 0 saturated heterocycles. The van der Waals surface area contributed by atoms with Gasteiger partial charge in [-0.3, -0.25) is 9.59 Å². The Morgan fingerprint density at radius 2 is 1.72 bits per heavy atom. The van der Waals surface area contributed by atoms with Crippen molar-refractivity contribution in [2.75, 3.05) is 10.2 Å². The first-order chi connectivity index (χ1) is 18.8. The number of hydrogen-bond acceptors (Lipinski definition) is 5. The number of benzene rings is 3. The molecule has 5 rings (SSSR count). The number of hydrogen-bond donors (Lipinski definition) is 2.